The highest BCUT2D eigenvalue weighted by molar-refractivity contribution is 5.93. The topological polar surface area (TPSA) is 52.6 Å². The van der Waals surface area contributed by atoms with Gasteiger partial charge in [0, 0.05) is 11.8 Å². The molecule has 0 fully saturated rings. The molecule has 0 atom stereocenters. The molecule has 0 unspecified atom stereocenters. The Labute approximate surface area is 123 Å². The van der Waals surface area contributed by atoms with Crippen LogP contribution < -0.4 is 5.43 Å². The molecule has 3 aromatic rings. The molecule has 2 aromatic heterocycles. The molecule has 0 radical (unpaired) electrons. The molecule has 0 aliphatic carbocycles. The fourth-order valence-corrected chi connectivity index (χ4v) is 2.34. The lowest BCUT2D eigenvalue weighted by Crippen LogP contribution is -1.91. The lowest BCUT2D eigenvalue weighted by Gasteiger charge is -1.98. The van der Waals surface area contributed by atoms with E-state index in [0.717, 1.165) is 22.3 Å². The van der Waals surface area contributed by atoms with Crippen molar-refractivity contribution < 1.29 is 0 Å². The zero-order valence-corrected chi connectivity index (χ0v) is 11.6. The predicted molar refractivity (Wildman–Crippen MR) is 84.5 cm³/mol. The maximum Gasteiger partial charge on any atom is 0.128 e. The van der Waals surface area contributed by atoms with E-state index >= 15 is 0 Å². The molecule has 0 bridgehead atoms. The number of para-hydroxylation sites is 1. The fraction of sp³-hybridized carbons (Fsp3) is 0.0588. The second-order valence-corrected chi connectivity index (χ2v) is 4.69. The summed E-state index contributed by atoms with van der Waals surface area (Å²) in [6.07, 6.45) is 3.65. The smallest absolute Gasteiger partial charge is 0.128 e. The van der Waals surface area contributed by atoms with Crippen molar-refractivity contribution in [1.29, 1.82) is 5.26 Å². The van der Waals surface area contributed by atoms with Gasteiger partial charge in [-0.1, -0.05) is 24.3 Å². The minimum Gasteiger partial charge on any atom is -0.307 e. The molecule has 102 valence electrons. The summed E-state index contributed by atoms with van der Waals surface area (Å²) in [5, 5.41) is 13.6. The van der Waals surface area contributed by atoms with Gasteiger partial charge in [-0.25, -0.2) is 0 Å². The summed E-state index contributed by atoms with van der Waals surface area (Å²) in [5.41, 5.74) is 7.43. The minimum atomic E-state index is 0.645. The van der Waals surface area contributed by atoms with E-state index in [1.165, 1.54) is 0 Å². The van der Waals surface area contributed by atoms with Gasteiger partial charge in [0.1, 0.15) is 11.8 Å². The van der Waals surface area contributed by atoms with Gasteiger partial charge in [0.15, 0.2) is 0 Å². The van der Waals surface area contributed by atoms with Crippen LogP contribution in [0.3, 0.4) is 0 Å². The van der Waals surface area contributed by atoms with Gasteiger partial charge in [0.05, 0.1) is 17.4 Å². The standard InChI is InChI=1S/C17H14N4/c1-13-15(12-19-20-14-7-3-2-4-8-14)16-9-5-6-10-21(16)17(13)11-18/h2-10,12,20H,1H3/b19-12-. The number of benzene rings is 1. The third kappa shape index (κ3) is 2.37. The SMILES string of the molecule is Cc1c(/C=N\Nc2ccccc2)c2ccccn2c1C#N. The number of pyridine rings is 1. The Kier molecular flexibility index (Phi) is 3.40. The average molecular weight is 274 g/mol. The molecule has 1 N–H and O–H groups in total. The van der Waals surface area contributed by atoms with Crippen LogP contribution >= 0.6 is 0 Å². The second-order valence-electron chi connectivity index (χ2n) is 4.69. The van der Waals surface area contributed by atoms with Crippen molar-refractivity contribution in [2.45, 2.75) is 6.92 Å². The van der Waals surface area contributed by atoms with E-state index in [1.807, 2.05) is 66.1 Å². The van der Waals surface area contributed by atoms with Gasteiger partial charge in [-0.05, 0) is 36.8 Å². The highest BCUT2D eigenvalue weighted by Crippen LogP contribution is 2.21. The summed E-state index contributed by atoms with van der Waals surface area (Å²) in [4.78, 5) is 0. The van der Waals surface area contributed by atoms with Crippen LogP contribution in [0.4, 0.5) is 5.69 Å². The first-order chi connectivity index (χ1) is 10.3. The van der Waals surface area contributed by atoms with Crippen LogP contribution in [0.5, 0.6) is 0 Å². The molecular weight excluding hydrogens is 260 g/mol. The Bertz CT molecular complexity index is 838. The van der Waals surface area contributed by atoms with E-state index in [1.54, 1.807) is 6.21 Å². The number of nitrogens with zero attached hydrogens (tertiary/aromatic N) is 3. The van der Waals surface area contributed by atoms with E-state index in [2.05, 4.69) is 16.6 Å². The number of aromatic nitrogens is 1. The van der Waals surface area contributed by atoms with Crippen molar-refractivity contribution in [1.82, 2.24) is 4.40 Å². The molecule has 0 spiro atoms. The molecule has 0 saturated heterocycles. The Morgan fingerprint density at radius 1 is 1.14 bits per heavy atom. The Hall–Kier alpha value is -3.06. The number of hydrogen-bond donors (Lipinski definition) is 1. The molecule has 0 amide bonds. The van der Waals surface area contributed by atoms with E-state index < -0.39 is 0 Å². The highest BCUT2D eigenvalue weighted by atomic mass is 15.3. The van der Waals surface area contributed by atoms with Crippen molar-refractivity contribution >= 4 is 17.4 Å². The van der Waals surface area contributed by atoms with Gasteiger partial charge < -0.3 is 4.40 Å². The van der Waals surface area contributed by atoms with Crippen LogP contribution in [0.15, 0.2) is 59.8 Å². The molecule has 1 aromatic carbocycles. The molecule has 4 nitrogen and oxygen atoms in total. The molecule has 0 saturated carbocycles. The summed E-state index contributed by atoms with van der Waals surface area (Å²) in [5.74, 6) is 0. The summed E-state index contributed by atoms with van der Waals surface area (Å²) in [7, 11) is 0. The van der Waals surface area contributed by atoms with Gasteiger partial charge in [-0.15, -0.1) is 0 Å². The summed E-state index contributed by atoms with van der Waals surface area (Å²) < 4.78 is 1.89. The zero-order valence-electron chi connectivity index (χ0n) is 11.6. The Balaban J connectivity index is 1.98. The number of rotatable bonds is 3. The van der Waals surface area contributed by atoms with Gasteiger partial charge in [-0.2, -0.15) is 10.4 Å². The third-order valence-electron chi connectivity index (χ3n) is 3.40. The van der Waals surface area contributed by atoms with Crippen molar-refractivity contribution in [3.05, 3.63) is 71.5 Å². The van der Waals surface area contributed by atoms with Gasteiger partial charge in [0.2, 0.25) is 0 Å². The van der Waals surface area contributed by atoms with E-state index in [4.69, 9.17) is 0 Å². The number of hydrogen-bond acceptors (Lipinski definition) is 3. The van der Waals surface area contributed by atoms with Crippen LogP contribution in [-0.4, -0.2) is 10.6 Å². The van der Waals surface area contributed by atoms with Gasteiger partial charge >= 0.3 is 0 Å². The molecule has 3 rings (SSSR count). The third-order valence-corrected chi connectivity index (χ3v) is 3.40. The fourth-order valence-electron chi connectivity index (χ4n) is 2.34. The number of hydrazone groups is 1. The summed E-state index contributed by atoms with van der Waals surface area (Å²) in [6, 6.07) is 17.9. The van der Waals surface area contributed by atoms with E-state index in [0.29, 0.717) is 5.69 Å². The normalized spacial score (nSPS) is 10.9. The maximum atomic E-state index is 9.30. The number of nitriles is 1. The number of anilines is 1. The van der Waals surface area contributed by atoms with Gasteiger partial charge in [-0.3, -0.25) is 5.43 Å². The van der Waals surface area contributed by atoms with Crippen LogP contribution in [0.25, 0.3) is 5.52 Å². The minimum absolute atomic E-state index is 0.645. The molecule has 4 heteroatoms. The first kappa shape index (κ1) is 12.9. The Morgan fingerprint density at radius 3 is 2.67 bits per heavy atom. The largest absolute Gasteiger partial charge is 0.307 e. The highest BCUT2D eigenvalue weighted by Gasteiger charge is 2.12. The van der Waals surface area contributed by atoms with Crippen LogP contribution in [0.2, 0.25) is 0 Å². The van der Waals surface area contributed by atoms with Gasteiger partial charge in [0.25, 0.3) is 0 Å². The van der Waals surface area contributed by atoms with Crippen molar-refractivity contribution in [2.24, 2.45) is 5.10 Å². The van der Waals surface area contributed by atoms with Crippen LogP contribution in [0, 0.1) is 18.3 Å². The van der Waals surface area contributed by atoms with Crippen LogP contribution in [0.1, 0.15) is 16.8 Å². The molecule has 21 heavy (non-hydrogen) atoms. The van der Waals surface area contributed by atoms with E-state index in [9.17, 15) is 5.26 Å². The molecule has 0 aliphatic rings. The van der Waals surface area contributed by atoms with Crippen LogP contribution in [-0.2, 0) is 0 Å². The van der Waals surface area contributed by atoms with Crippen molar-refractivity contribution in [2.75, 3.05) is 5.43 Å². The molecular formula is C17H14N4. The van der Waals surface area contributed by atoms with Crippen molar-refractivity contribution in [3.63, 3.8) is 0 Å². The average Bonchev–Trinajstić information content (AvgIpc) is 2.80. The number of nitrogens with one attached hydrogen (secondary N) is 1. The summed E-state index contributed by atoms with van der Waals surface area (Å²) >= 11 is 0. The lowest BCUT2D eigenvalue weighted by atomic mass is 10.1. The first-order valence-corrected chi connectivity index (χ1v) is 6.65. The maximum absolute atomic E-state index is 9.30. The monoisotopic (exact) mass is 274 g/mol. The predicted octanol–water partition coefficient (Wildman–Crippen LogP) is 3.57. The zero-order chi connectivity index (χ0) is 14.7. The first-order valence-electron chi connectivity index (χ1n) is 6.65. The van der Waals surface area contributed by atoms with Crippen molar-refractivity contribution in [3.8, 4) is 6.07 Å². The second kappa shape index (κ2) is 5.51. The van der Waals surface area contributed by atoms with E-state index in [-0.39, 0.29) is 0 Å². The quantitative estimate of drug-likeness (QED) is 0.586. The Morgan fingerprint density at radius 2 is 1.90 bits per heavy atom. The summed E-state index contributed by atoms with van der Waals surface area (Å²) in [6.45, 7) is 1.94. The number of fused-ring (bicyclic) bond motifs is 1. The molecule has 2 heterocycles. The lowest BCUT2D eigenvalue weighted by molar-refractivity contribution is 1.14. The molecule has 0 aliphatic heterocycles.